The summed E-state index contributed by atoms with van der Waals surface area (Å²) in [5.74, 6) is 1.51. The molecule has 0 amide bonds. The molecule has 2 atom stereocenters. The number of allylic oxidation sites excluding steroid dienone is 5. The summed E-state index contributed by atoms with van der Waals surface area (Å²) in [4.78, 5) is 0. The lowest BCUT2D eigenvalue weighted by Gasteiger charge is -2.23. The summed E-state index contributed by atoms with van der Waals surface area (Å²) >= 11 is 3.61. The number of hydrogen-bond acceptors (Lipinski definition) is 2. The monoisotopic (exact) mass is 406 g/mol. The topological polar surface area (TPSA) is 18.5 Å². The zero-order valence-corrected chi connectivity index (χ0v) is 17.5. The SMILES string of the molecule is C/C=C\C(C)(C)CCO[C@@H]1C=CC(COC2=CCC(C)C(Br)=C2)=CC1. The van der Waals surface area contributed by atoms with Gasteiger partial charge >= 0.3 is 0 Å². The van der Waals surface area contributed by atoms with Crippen LogP contribution in [0.5, 0.6) is 0 Å². The number of halogens is 1. The minimum absolute atomic E-state index is 0.189. The van der Waals surface area contributed by atoms with Gasteiger partial charge in [-0.1, -0.05) is 67.1 Å². The van der Waals surface area contributed by atoms with E-state index in [1.165, 1.54) is 10.1 Å². The van der Waals surface area contributed by atoms with Gasteiger partial charge in [-0.15, -0.1) is 0 Å². The van der Waals surface area contributed by atoms with Gasteiger partial charge in [-0.05, 0) is 55.2 Å². The average molecular weight is 407 g/mol. The fourth-order valence-electron chi connectivity index (χ4n) is 2.89. The van der Waals surface area contributed by atoms with Crippen molar-refractivity contribution in [3.63, 3.8) is 0 Å². The molecule has 0 aromatic rings. The molecule has 2 aliphatic carbocycles. The first-order valence-electron chi connectivity index (χ1n) is 9.22. The van der Waals surface area contributed by atoms with Crippen LogP contribution in [0.2, 0.25) is 0 Å². The number of rotatable bonds is 8. The highest BCUT2D eigenvalue weighted by molar-refractivity contribution is 9.11. The largest absolute Gasteiger partial charge is 0.489 e. The van der Waals surface area contributed by atoms with E-state index in [-0.39, 0.29) is 11.5 Å². The summed E-state index contributed by atoms with van der Waals surface area (Å²) in [6, 6.07) is 0. The van der Waals surface area contributed by atoms with Crippen LogP contribution in [0.25, 0.3) is 0 Å². The molecule has 0 bridgehead atoms. The maximum atomic E-state index is 6.00. The predicted octanol–water partition coefficient (Wildman–Crippen LogP) is 6.47. The summed E-state index contributed by atoms with van der Waals surface area (Å²) in [6.45, 7) is 10.2. The molecule has 2 aliphatic rings. The Morgan fingerprint density at radius 1 is 1.28 bits per heavy atom. The fraction of sp³-hybridized carbons (Fsp3) is 0.545. The van der Waals surface area contributed by atoms with Crippen molar-refractivity contribution in [2.45, 2.75) is 53.1 Å². The van der Waals surface area contributed by atoms with E-state index in [1.54, 1.807) is 0 Å². The lowest BCUT2D eigenvalue weighted by atomic mass is 9.89. The molecule has 25 heavy (non-hydrogen) atoms. The summed E-state index contributed by atoms with van der Waals surface area (Å²) in [6.07, 6.45) is 18.3. The van der Waals surface area contributed by atoms with Gasteiger partial charge in [0.2, 0.25) is 0 Å². The first-order valence-corrected chi connectivity index (χ1v) is 10.0. The van der Waals surface area contributed by atoms with Crippen LogP contribution in [-0.2, 0) is 9.47 Å². The Balaban J connectivity index is 1.70. The van der Waals surface area contributed by atoms with Crippen molar-refractivity contribution in [3.05, 3.63) is 58.3 Å². The van der Waals surface area contributed by atoms with Crippen LogP contribution in [0, 0.1) is 11.3 Å². The van der Waals surface area contributed by atoms with E-state index < -0.39 is 0 Å². The molecule has 2 rings (SSSR count). The van der Waals surface area contributed by atoms with Crippen molar-refractivity contribution in [1.29, 1.82) is 0 Å². The van der Waals surface area contributed by atoms with Gasteiger partial charge in [0.15, 0.2) is 0 Å². The average Bonchev–Trinajstić information content (AvgIpc) is 2.57. The molecule has 0 aromatic heterocycles. The molecule has 0 aliphatic heterocycles. The molecule has 0 aromatic carbocycles. The molecule has 0 fully saturated rings. The van der Waals surface area contributed by atoms with Crippen molar-refractivity contribution >= 4 is 15.9 Å². The molecule has 1 unspecified atom stereocenters. The fourth-order valence-corrected chi connectivity index (χ4v) is 3.31. The van der Waals surface area contributed by atoms with Crippen LogP contribution in [0.4, 0.5) is 0 Å². The minimum atomic E-state index is 0.189. The standard InChI is InChI=1S/C22H31BrO2/c1-5-12-22(3,4)13-14-24-19-10-7-18(8-11-19)16-25-20-9-6-17(2)21(23)15-20/h5,7-10,12,15,17,19H,6,11,13-14,16H2,1-4H3/b12-5-/t17?,19-/m1/s1. The van der Waals surface area contributed by atoms with Crippen molar-refractivity contribution in [1.82, 2.24) is 0 Å². The third-order valence-corrected chi connectivity index (χ3v) is 5.67. The van der Waals surface area contributed by atoms with E-state index in [0.717, 1.165) is 31.6 Å². The molecule has 138 valence electrons. The number of ether oxygens (including phenoxy) is 2. The Morgan fingerprint density at radius 2 is 2.08 bits per heavy atom. The summed E-state index contributed by atoms with van der Waals surface area (Å²) in [7, 11) is 0. The van der Waals surface area contributed by atoms with Gasteiger partial charge in [-0.25, -0.2) is 0 Å². The van der Waals surface area contributed by atoms with Gasteiger partial charge in [-0.2, -0.15) is 0 Å². The molecule has 0 heterocycles. The highest BCUT2D eigenvalue weighted by Crippen LogP contribution is 2.29. The molecule has 0 N–H and O–H groups in total. The first kappa shape index (κ1) is 20.3. The molecule has 0 saturated heterocycles. The smallest absolute Gasteiger partial charge is 0.116 e. The van der Waals surface area contributed by atoms with E-state index in [1.807, 2.05) is 0 Å². The van der Waals surface area contributed by atoms with Gasteiger partial charge in [0.25, 0.3) is 0 Å². The highest BCUT2D eigenvalue weighted by atomic mass is 79.9. The molecule has 0 saturated carbocycles. The Labute approximate surface area is 161 Å². The zero-order valence-electron chi connectivity index (χ0n) is 15.9. The molecule has 3 heteroatoms. The second-order valence-corrected chi connectivity index (χ2v) is 8.50. The van der Waals surface area contributed by atoms with Crippen LogP contribution >= 0.6 is 15.9 Å². The van der Waals surface area contributed by atoms with E-state index in [0.29, 0.717) is 12.5 Å². The van der Waals surface area contributed by atoms with Crippen LogP contribution in [0.1, 0.15) is 47.0 Å². The Bertz CT molecular complexity index is 593. The van der Waals surface area contributed by atoms with Gasteiger partial charge in [0.05, 0.1) is 6.10 Å². The first-order chi connectivity index (χ1) is 11.9. The lowest BCUT2D eigenvalue weighted by Crippen LogP contribution is -2.17. The Hall–Kier alpha value is -1.06. The van der Waals surface area contributed by atoms with E-state index >= 15 is 0 Å². The van der Waals surface area contributed by atoms with Crippen LogP contribution in [-0.4, -0.2) is 19.3 Å². The zero-order chi connectivity index (χ0) is 18.3. The highest BCUT2D eigenvalue weighted by Gasteiger charge is 2.16. The predicted molar refractivity (Wildman–Crippen MR) is 110 cm³/mol. The van der Waals surface area contributed by atoms with Crippen molar-refractivity contribution in [3.8, 4) is 0 Å². The summed E-state index contributed by atoms with van der Waals surface area (Å²) < 4.78 is 13.1. The summed E-state index contributed by atoms with van der Waals surface area (Å²) in [5, 5.41) is 0. The quantitative estimate of drug-likeness (QED) is 0.430. The lowest BCUT2D eigenvalue weighted by molar-refractivity contribution is 0.0705. The molecule has 0 spiro atoms. The van der Waals surface area contributed by atoms with Gasteiger partial charge in [0, 0.05) is 11.1 Å². The Morgan fingerprint density at radius 3 is 2.72 bits per heavy atom. The van der Waals surface area contributed by atoms with Gasteiger partial charge in [-0.3, -0.25) is 0 Å². The summed E-state index contributed by atoms with van der Waals surface area (Å²) in [5.41, 5.74) is 1.42. The second kappa shape index (κ2) is 9.59. The third kappa shape index (κ3) is 6.99. The van der Waals surface area contributed by atoms with E-state index in [9.17, 15) is 0 Å². The molecule has 2 nitrogen and oxygen atoms in total. The molecular formula is C22H31BrO2. The maximum absolute atomic E-state index is 6.00. The van der Waals surface area contributed by atoms with Crippen LogP contribution in [0.3, 0.4) is 0 Å². The van der Waals surface area contributed by atoms with Crippen molar-refractivity contribution in [2.75, 3.05) is 13.2 Å². The second-order valence-electron chi connectivity index (χ2n) is 7.58. The molecule has 0 radical (unpaired) electrons. The van der Waals surface area contributed by atoms with E-state index in [4.69, 9.17) is 9.47 Å². The van der Waals surface area contributed by atoms with E-state index in [2.05, 4.69) is 86.2 Å². The number of hydrogen-bond donors (Lipinski definition) is 0. The van der Waals surface area contributed by atoms with Crippen LogP contribution < -0.4 is 0 Å². The minimum Gasteiger partial charge on any atom is -0.489 e. The van der Waals surface area contributed by atoms with Crippen LogP contribution in [0.15, 0.2) is 58.3 Å². The Kier molecular flexibility index (Phi) is 7.77. The van der Waals surface area contributed by atoms with Gasteiger partial charge in [0.1, 0.15) is 12.4 Å². The van der Waals surface area contributed by atoms with Crippen molar-refractivity contribution in [2.24, 2.45) is 11.3 Å². The normalized spacial score (nSPS) is 24.1. The maximum Gasteiger partial charge on any atom is 0.116 e. The third-order valence-electron chi connectivity index (χ3n) is 4.66. The van der Waals surface area contributed by atoms with Crippen molar-refractivity contribution < 1.29 is 9.47 Å². The van der Waals surface area contributed by atoms with Gasteiger partial charge < -0.3 is 9.47 Å². The molecular weight excluding hydrogens is 376 g/mol.